The van der Waals surface area contributed by atoms with E-state index in [1.54, 1.807) is 0 Å². The number of carbonyl (C=O) groups is 1. The van der Waals surface area contributed by atoms with Crippen LogP contribution >= 0.6 is 23.2 Å². The summed E-state index contributed by atoms with van der Waals surface area (Å²) >= 11 is 12.8. The van der Waals surface area contributed by atoms with Crippen molar-refractivity contribution in [2.24, 2.45) is 0 Å². The summed E-state index contributed by atoms with van der Waals surface area (Å²) in [5.74, 6) is 1.07. The largest absolute Gasteiger partial charge is 0.491 e. The monoisotopic (exact) mass is 591 g/mol. The normalized spacial score (nSPS) is 27.7. The molecule has 1 unspecified atom stereocenters. The number of carbonyl (C=O) groups excluding carboxylic acids is 1. The number of Topliss-reactive ketones (excluding diaryl/α,β-unsaturated/α-hetero) is 1. The lowest BCUT2D eigenvalue weighted by atomic mass is 9.65. The second-order valence-corrected chi connectivity index (χ2v) is 13.5. The third-order valence-electron chi connectivity index (χ3n) is 10.1. The summed E-state index contributed by atoms with van der Waals surface area (Å²) in [5.41, 5.74) is 3.73. The summed E-state index contributed by atoms with van der Waals surface area (Å²) in [4.78, 5) is 16.9. The highest BCUT2D eigenvalue weighted by atomic mass is 35.5. The van der Waals surface area contributed by atoms with E-state index in [9.17, 15) is 4.79 Å². The highest BCUT2D eigenvalue weighted by molar-refractivity contribution is 6.42. The minimum atomic E-state index is -0.226. The van der Waals surface area contributed by atoms with Crippen molar-refractivity contribution in [2.45, 2.75) is 76.0 Å². The number of halogens is 2. The first-order valence-electron chi connectivity index (χ1n) is 15.2. The van der Waals surface area contributed by atoms with E-state index < -0.39 is 0 Å². The van der Waals surface area contributed by atoms with Gasteiger partial charge in [-0.2, -0.15) is 0 Å². The smallest absolute Gasteiger partial charge is 0.165 e. The van der Waals surface area contributed by atoms with Gasteiger partial charge in [-0.05, 0) is 50.1 Å². The van der Waals surface area contributed by atoms with E-state index in [1.165, 1.54) is 24.8 Å². The van der Waals surface area contributed by atoms with Gasteiger partial charge in [-0.1, -0.05) is 71.7 Å². The molecule has 0 spiro atoms. The molecular formula is C35H41Cl2N2O2+. The quantitative estimate of drug-likeness (QED) is 0.249. The van der Waals surface area contributed by atoms with Gasteiger partial charge in [0.05, 0.1) is 35.8 Å². The van der Waals surface area contributed by atoms with Gasteiger partial charge < -0.3 is 14.1 Å². The Kier molecular flexibility index (Phi) is 8.11. The highest BCUT2D eigenvalue weighted by Gasteiger charge is 2.56. The van der Waals surface area contributed by atoms with Gasteiger partial charge in [0.2, 0.25) is 0 Å². The number of anilines is 1. The number of ether oxygens (including phenoxy) is 1. The van der Waals surface area contributed by atoms with Gasteiger partial charge in [0.15, 0.2) is 5.78 Å². The van der Waals surface area contributed by atoms with Gasteiger partial charge in [-0.3, -0.25) is 4.79 Å². The lowest BCUT2D eigenvalue weighted by molar-refractivity contribution is -0.966. The molecule has 2 atom stereocenters. The van der Waals surface area contributed by atoms with Crippen LogP contribution in [0, 0.1) is 0 Å². The maximum atomic E-state index is 14.6. The summed E-state index contributed by atoms with van der Waals surface area (Å²) in [7, 11) is 0. The van der Waals surface area contributed by atoms with Crippen molar-refractivity contribution < 1.29 is 14.0 Å². The fourth-order valence-corrected chi connectivity index (χ4v) is 8.24. The van der Waals surface area contributed by atoms with E-state index in [-0.39, 0.29) is 29.4 Å². The molecule has 0 aromatic heterocycles. The topological polar surface area (TPSA) is 29.5 Å². The number of benzene rings is 3. The van der Waals surface area contributed by atoms with Crippen molar-refractivity contribution >= 4 is 34.7 Å². The Bertz CT molecular complexity index is 1370. The van der Waals surface area contributed by atoms with Gasteiger partial charge in [0, 0.05) is 55.3 Å². The Morgan fingerprint density at radius 2 is 1.63 bits per heavy atom. The lowest BCUT2D eigenvalue weighted by Gasteiger charge is -2.61. The van der Waals surface area contributed by atoms with Crippen molar-refractivity contribution in [3.63, 3.8) is 0 Å². The Morgan fingerprint density at radius 3 is 2.32 bits per heavy atom. The number of quaternary nitrogens is 1. The number of hydrogen-bond acceptors (Lipinski definition) is 3. The van der Waals surface area contributed by atoms with Crippen LogP contribution in [0.25, 0.3) is 0 Å². The Hall–Kier alpha value is -2.53. The van der Waals surface area contributed by atoms with Crippen LogP contribution in [-0.2, 0) is 16.6 Å². The average Bonchev–Trinajstić information content (AvgIpc) is 3.00. The molecular weight excluding hydrogens is 551 g/mol. The van der Waals surface area contributed by atoms with E-state index >= 15 is 0 Å². The van der Waals surface area contributed by atoms with E-state index in [4.69, 9.17) is 27.9 Å². The second-order valence-electron chi connectivity index (χ2n) is 12.6. The molecule has 0 radical (unpaired) electrons. The average molecular weight is 593 g/mol. The number of rotatable bonds is 8. The van der Waals surface area contributed by atoms with Crippen LogP contribution in [0.3, 0.4) is 0 Å². The summed E-state index contributed by atoms with van der Waals surface area (Å²) < 4.78 is 7.16. The van der Waals surface area contributed by atoms with Crippen molar-refractivity contribution in [1.82, 2.24) is 0 Å². The predicted molar refractivity (Wildman–Crippen MR) is 168 cm³/mol. The van der Waals surface area contributed by atoms with E-state index in [2.05, 4.69) is 35.2 Å². The molecule has 216 valence electrons. The van der Waals surface area contributed by atoms with Crippen molar-refractivity contribution in [3.8, 4) is 5.75 Å². The minimum absolute atomic E-state index is 0.0475. The van der Waals surface area contributed by atoms with Crippen LogP contribution in [0.15, 0.2) is 72.8 Å². The molecule has 41 heavy (non-hydrogen) atoms. The molecule has 4 fully saturated rings. The van der Waals surface area contributed by atoms with Gasteiger partial charge in [0.1, 0.15) is 17.8 Å². The van der Waals surface area contributed by atoms with E-state index in [0.717, 1.165) is 60.5 Å². The standard InChI is InChI=1S/C35H41Cl2N2O2/c1-25(2)41-33-13-7-6-9-26(33)23-32(40)34-31(12-8-19-38(34)28-14-15-29(36)30(37)24-28)39-20-16-35(17-21-39,18-22-39)27-10-4-3-5-11-27/h3-7,9-11,13-15,24-25,31,34H,8,12,16-23H2,1-2H3/q+1/t31-,34?,35?,39?/m1/s1. The molecule has 0 amide bonds. The zero-order chi connectivity index (χ0) is 28.6. The number of piperidine rings is 4. The zero-order valence-electron chi connectivity index (χ0n) is 24.2. The van der Waals surface area contributed by atoms with Gasteiger partial charge in [0.25, 0.3) is 0 Å². The van der Waals surface area contributed by atoms with E-state index in [0.29, 0.717) is 16.5 Å². The van der Waals surface area contributed by atoms with Crippen molar-refractivity contribution in [2.75, 3.05) is 31.1 Å². The van der Waals surface area contributed by atoms with Crippen LogP contribution in [-0.4, -0.2) is 54.6 Å². The first kappa shape index (κ1) is 28.6. The molecule has 4 heterocycles. The molecule has 0 aliphatic carbocycles. The first-order chi connectivity index (χ1) is 19.8. The summed E-state index contributed by atoms with van der Waals surface area (Å²) in [5, 5.41) is 1.07. The molecule has 7 rings (SSSR count). The summed E-state index contributed by atoms with van der Waals surface area (Å²) in [6, 6.07) is 25.0. The van der Waals surface area contributed by atoms with E-state index in [1.807, 2.05) is 56.3 Å². The van der Waals surface area contributed by atoms with Crippen LogP contribution in [0.1, 0.15) is 57.1 Å². The highest BCUT2D eigenvalue weighted by Crippen LogP contribution is 2.49. The first-order valence-corrected chi connectivity index (χ1v) is 16.0. The number of para-hydroxylation sites is 1. The van der Waals surface area contributed by atoms with Gasteiger partial charge in [-0.15, -0.1) is 0 Å². The molecule has 4 aliphatic heterocycles. The molecule has 4 saturated heterocycles. The third kappa shape index (κ3) is 5.51. The molecule has 2 bridgehead atoms. The van der Waals surface area contributed by atoms with Gasteiger partial charge >= 0.3 is 0 Å². The molecule has 0 saturated carbocycles. The Balaban J connectivity index is 1.34. The van der Waals surface area contributed by atoms with Crippen LogP contribution in [0.4, 0.5) is 5.69 Å². The minimum Gasteiger partial charge on any atom is -0.491 e. The zero-order valence-corrected chi connectivity index (χ0v) is 25.7. The number of ketones is 1. The summed E-state index contributed by atoms with van der Waals surface area (Å²) in [6.07, 6.45) is 6.09. The molecule has 3 aromatic rings. The number of hydrogen-bond donors (Lipinski definition) is 0. The molecule has 4 aliphatic rings. The van der Waals surface area contributed by atoms with Crippen molar-refractivity contribution in [1.29, 1.82) is 0 Å². The number of nitrogens with zero attached hydrogens (tertiary/aromatic N) is 2. The molecule has 6 heteroatoms. The van der Waals surface area contributed by atoms with Crippen LogP contribution in [0.5, 0.6) is 5.75 Å². The van der Waals surface area contributed by atoms with Crippen LogP contribution in [0.2, 0.25) is 10.0 Å². The van der Waals surface area contributed by atoms with Crippen molar-refractivity contribution in [3.05, 3.63) is 94.0 Å². The third-order valence-corrected chi connectivity index (χ3v) is 10.8. The van der Waals surface area contributed by atoms with Crippen LogP contribution < -0.4 is 9.64 Å². The maximum Gasteiger partial charge on any atom is 0.165 e. The predicted octanol–water partition coefficient (Wildman–Crippen LogP) is 7.88. The summed E-state index contributed by atoms with van der Waals surface area (Å²) in [6.45, 7) is 8.28. The lowest BCUT2D eigenvalue weighted by Crippen LogP contribution is -2.73. The second kappa shape index (κ2) is 11.6. The van der Waals surface area contributed by atoms with Gasteiger partial charge in [-0.25, -0.2) is 0 Å². The molecule has 3 aromatic carbocycles. The Morgan fingerprint density at radius 1 is 0.951 bits per heavy atom. The molecule has 4 nitrogen and oxygen atoms in total. The number of fused-ring (bicyclic) bond motifs is 3. The fraction of sp³-hybridized carbons (Fsp3) is 0.457. The fourth-order valence-electron chi connectivity index (χ4n) is 7.94. The Labute approximate surface area is 254 Å². The SMILES string of the molecule is CC(C)Oc1ccccc1CC(=O)C1[C@H]([N+]23CCC(c4ccccc4)(CC2)CC3)CCCN1c1ccc(Cl)c(Cl)c1. The molecule has 0 N–H and O–H groups in total. The maximum absolute atomic E-state index is 14.6.